The van der Waals surface area contributed by atoms with Crippen LogP contribution in [0.1, 0.15) is 51.4 Å². The molecule has 1 saturated heterocycles. The first-order valence-corrected chi connectivity index (χ1v) is 8.05. The minimum atomic E-state index is 0.821. The Kier molecular flexibility index (Phi) is 5.21. The lowest BCUT2D eigenvalue weighted by Gasteiger charge is -2.22. The van der Waals surface area contributed by atoms with Crippen molar-refractivity contribution in [3.63, 3.8) is 0 Å². The zero-order chi connectivity index (χ0) is 14.5. The SMILES string of the molecule is CCCc1nc(NCC)c(C)c(N2CCC(CC)C2)n1. The first kappa shape index (κ1) is 15.1. The van der Waals surface area contributed by atoms with E-state index in [-0.39, 0.29) is 0 Å². The topological polar surface area (TPSA) is 41.1 Å². The average molecular weight is 276 g/mol. The van der Waals surface area contributed by atoms with Gasteiger partial charge in [-0.2, -0.15) is 0 Å². The zero-order valence-corrected chi connectivity index (χ0v) is 13.4. The molecular formula is C16H28N4. The number of rotatable bonds is 6. The van der Waals surface area contributed by atoms with Crippen molar-refractivity contribution in [2.45, 2.75) is 53.4 Å². The summed E-state index contributed by atoms with van der Waals surface area (Å²) in [6.45, 7) is 11.9. The van der Waals surface area contributed by atoms with Crippen molar-refractivity contribution in [1.29, 1.82) is 0 Å². The van der Waals surface area contributed by atoms with Crippen LogP contribution in [-0.2, 0) is 6.42 Å². The van der Waals surface area contributed by atoms with E-state index in [2.05, 4.69) is 42.9 Å². The molecule has 1 unspecified atom stereocenters. The van der Waals surface area contributed by atoms with Crippen LogP contribution in [0.4, 0.5) is 11.6 Å². The molecule has 2 heterocycles. The van der Waals surface area contributed by atoms with Crippen molar-refractivity contribution in [3.8, 4) is 0 Å². The molecule has 0 aliphatic carbocycles. The molecule has 20 heavy (non-hydrogen) atoms. The summed E-state index contributed by atoms with van der Waals surface area (Å²) in [7, 11) is 0. The number of hydrogen-bond donors (Lipinski definition) is 1. The Labute approximate surface area is 123 Å². The smallest absolute Gasteiger partial charge is 0.137 e. The highest BCUT2D eigenvalue weighted by atomic mass is 15.2. The van der Waals surface area contributed by atoms with E-state index in [1.54, 1.807) is 0 Å². The number of nitrogens with zero attached hydrogens (tertiary/aromatic N) is 3. The lowest BCUT2D eigenvalue weighted by Crippen LogP contribution is -2.23. The van der Waals surface area contributed by atoms with Gasteiger partial charge in [-0.25, -0.2) is 9.97 Å². The predicted molar refractivity (Wildman–Crippen MR) is 85.5 cm³/mol. The van der Waals surface area contributed by atoms with Crippen molar-refractivity contribution in [2.75, 3.05) is 29.9 Å². The van der Waals surface area contributed by atoms with Gasteiger partial charge in [0.05, 0.1) is 0 Å². The number of aryl methyl sites for hydroxylation is 1. The highest BCUT2D eigenvalue weighted by Crippen LogP contribution is 2.29. The van der Waals surface area contributed by atoms with Crippen molar-refractivity contribution in [3.05, 3.63) is 11.4 Å². The van der Waals surface area contributed by atoms with Crippen molar-refractivity contribution >= 4 is 11.6 Å². The van der Waals surface area contributed by atoms with E-state index in [0.29, 0.717) is 0 Å². The molecule has 4 heteroatoms. The Morgan fingerprint density at radius 1 is 1.25 bits per heavy atom. The molecule has 1 aromatic rings. The van der Waals surface area contributed by atoms with Crippen LogP contribution in [0.15, 0.2) is 0 Å². The summed E-state index contributed by atoms with van der Waals surface area (Å²) < 4.78 is 0. The fourth-order valence-electron chi connectivity index (χ4n) is 2.89. The Balaban J connectivity index is 2.30. The molecule has 0 spiro atoms. The molecule has 0 saturated carbocycles. The molecule has 0 radical (unpaired) electrons. The van der Waals surface area contributed by atoms with E-state index in [9.17, 15) is 0 Å². The molecule has 1 N–H and O–H groups in total. The maximum Gasteiger partial charge on any atom is 0.137 e. The van der Waals surface area contributed by atoms with Crippen LogP contribution in [0.25, 0.3) is 0 Å². The van der Waals surface area contributed by atoms with Crippen LogP contribution in [-0.4, -0.2) is 29.6 Å². The van der Waals surface area contributed by atoms with Gasteiger partial charge in [-0.05, 0) is 32.6 Å². The van der Waals surface area contributed by atoms with E-state index in [0.717, 1.165) is 55.9 Å². The summed E-state index contributed by atoms with van der Waals surface area (Å²) in [5, 5.41) is 3.39. The minimum absolute atomic E-state index is 0.821. The van der Waals surface area contributed by atoms with E-state index in [1.165, 1.54) is 18.4 Å². The molecule has 1 atom stereocenters. The second kappa shape index (κ2) is 6.91. The quantitative estimate of drug-likeness (QED) is 0.864. The van der Waals surface area contributed by atoms with E-state index in [4.69, 9.17) is 4.98 Å². The van der Waals surface area contributed by atoms with Gasteiger partial charge in [-0.1, -0.05) is 20.3 Å². The molecule has 1 aliphatic heterocycles. The largest absolute Gasteiger partial charge is 0.370 e. The van der Waals surface area contributed by atoms with E-state index in [1.807, 2.05) is 0 Å². The van der Waals surface area contributed by atoms with Crippen LogP contribution in [0, 0.1) is 12.8 Å². The molecule has 0 bridgehead atoms. The van der Waals surface area contributed by atoms with Crippen LogP contribution >= 0.6 is 0 Å². The van der Waals surface area contributed by atoms with Gasteiger partial charge in [-0.15, -0.1) is 0 Å². The molecule has 0 amide bonds. The summed E-state index contributed by atoms with van der Waals surface area (Å²) in [6.07, 6.45) is 4.60. The molecular weight excluding hydrogens is 248 g/mol. The summed E-state index contributed by atoms with van der Waals surface area (Å²) in [5.74, 6) is 3.96. The van der Waals surface area contributed by atoms with Gasteiger partial charge in [-0.3, -0.25) is 0 Å². The average Bonchev–Trinajstić information content (AvgIpc) is 2.91. The molecule has 0 aromatic carbocycles. The summed E-state index contributed by atoms with van der Waals surface area (Å²) >= 11 is 0. The predicted octanol–water partition coefficient (Wildman–Crippen LogP) is 3.41. The minimum Gasteiger partial charge on any atom is -0.370 e. The highest BCUT2D eigenvalue weighted by molar-refractivity contribution is 5.59. The van der Waals surface area contributed by atoms with Gasteiger partial charge in [0.2, 0.25) is 0 Å². The van der Waals surface area contributed by atoms with Gasteiger partial charge >= 0.3 is 0 Å². The second-order valence-electron chi connectivity index (χ2n) is 5.73. The number of anilines is 2. The van der Waals surface area contributed by atoms with Gasteiger partial charge in [0.1, 0.15) is 17.5 Å². The molecule has 1 aliphatic rings. The normalized spacial score (nSPS) is 18.6. The van der Waals surface area contributed by atoms with Gasteiger partial charge in [0, 0.05) is 31.6 Å². The summed E-state index contributed by atoms with van der Waals surface area (Å²) in [5.41, 5.74) is 1.20. The standard InChI is InChI=1S/C16H28N4/c1-5-8-14-18-15(17-7-3)12(4)16(19-14)20-10-9-13(6-2)11-20/h13H,5-11H2,1-4H3,(H,17,18,19). The van der Waals surface area contributed by atoms with E-state index < -0.39 is 0 Å². The lowest BCUT2D eigenvalue weighted by atomic mass is 10.1. The fourth-order valence-corrected chi connectivity index (χ4v) is 2.89. The first-order chi connectivity index (χ1) is 9.69. The molecule has 2 rings (SSSR count). The summed E-state index contributed by atoms with van der Waals surface area (Å²) in [6, 6.07) is 0. The Morgan fingerprint density at radius 2 is 2.05 bits per heavy atom. The first-order valence-electron chi connectivity index (χ1n) is 8.05. The lowest BCUT2D eigenvalue weighted by molar-refractivity contribution is 0.568. The maximum absolute atomic E-state index is 4.83. The van der Waals surface area contributed by atoms with Crippen LogP contribution in [0.5, 0.6) is 0 Å². The highest BCUT2D eigenvalue weighted by Gasteiger charge is 2.24. The Hall–Kier alpha value is -1.32. The van der Waals surface area contributed by atoms with Crippen LogP contribution < -0.4 is 10.2 Å². The Bertz CT molecular complexity index is 444. The number of aromatic nitrogens is 2. The van der Waals surface area contributed by atoms with Crippen LogP contribution in [0.2, 0.25) is 0 Å². The third-order valence-corrected chi connectivity index (χ3v) is 4.15. The number of nitrogens with one attached hydrogen (secondary N) is 1. The Morgan fingerprint density at radius 3 is 2.65 bits per heavy atom. The molecule has 112 valence electrons. The third-order valence-electron chi connectivity index (χ3n) is 4.15. The van der Waals surface area contributed by atoms with Crippen molar-refractivity contribution in [1.82, 2.24) is 9.97 Å². The molecule has 1 fully saturated rings. The zero-order valence-electron chi connectivity index (χ0n) is 13.4. The van der Waals surface area contributed by atoms with Gasteiger partial charge in [0.15, 0.2) is 0 Å². The number of hydrogen-bond acceptors (Lipinski definition) is 4. The molecule has 1 aromatic heterocycles. The molecule has 4 nitrogen and oxygen atoms in total. The van der Waals surface area contributed by atoms with Crippen molar-refractivity contribution in [2.24, 2.45) is 5.92 Å². The summed E-state index contributed by atoms with van der Waals surface area (Å²) in [4.78, 5) is 12.0. The van der Waals surface area contributed by atoms with Crippen molar-refractivity contribution < 1.29 is 0 Å². The third kappa shape index (κ3) is 3.22. The van der Waals surface area contributed by atoms with E-state index >= 15 is 0 Å². The second-order valence-corrected chi connectivity index (χ2v) is 5.73. The van der Waals surface area contributed by atoms with Gasteiger partial charge in [0.25, 0.3) is 0 Å². The van der Waals surface area contributed by atoms with Gasteiger partial charge < -0.3 is 10.2 Å². The maximum atomic E-state index is 4.83. The van der Waals surface area contributed by atoms with Crippen LogP contribution in [0.3, 0.4) is 0 Å². The fraction of sp³-hybridized carbons (Fsp3) is 0.750. The monoisotopic (exact) mass is 276 g/mol.